The van der Waals surface area contributed by atoms with Crippen LogP contribution in [0.3, 0.4) is 0 Å². The number of aromatic nitrogens is 3. The maximum atomic E-state index is 13.5. The van der Waals surface area contributed by atoms with E-state index in [2.05, 4.69) is 20.5 Å². The zero-order chi connectivity index (χ0) is 20.9. The van der Waals surface area contributed by atoms with Gasteiger partial charge in [-0.15, -0.1) is 0 Å². The highest BCUT2D eigenvalue weighted by atomic mass is 19.1. The van der Waals surface area contributed by atoms with Gasteiger partial charge in [0.1, 0.15) is 18.2 Å². The number of ether oxygens (including phenoxy) is 1. The van der Waals surface area contributed by atoms with Crippen LogP contribution < -0.4 is 10.1 Å². The molecule has 2 aromatic heterocycles. The molecule has 1 amide bonds. The molecule has 0 aliphatic carbocycles. The molecule has 7 heteroatoms. The molecule has 0 spiro atoms. The number of nitrogens with one attached hydrogen (secondary N) is 2. The molecule has 6 nitrogen and oxygen atoms in total. The molecule has 0 bridgehead atoms. The first-order chi connectivity index (χ1) is 14.6. The Bertz CT molecular complexity index is 1160. The molecule has 30 heavy (non-hydrogen) atoms. The molecule has 150 valence electrons. The summed E-state index contributed by atoms with van der Waals surface area (Å²) in [7, 11) is 0. The zero-order valence-electron chi connectivity index (χ0n) is 16.2. The van der Waals surface area contributed by atoms with Gasteiger partial charge in [-0.25, -0.2) is 4.39 Å². The molecule has 0 aliphatic heterocycles. The van der Waals surface area contributed by atoms with Crippen molar-refractivity contribution in [3.05, 3.63) is 95.7 Å². The third-order valence-corrected chi connectivity index (χ3v) is 4.57. The fourth-order valence-corrected chi connectivity index (χ4v) is 3.01. The van der Waals surface area contributed by atoms with Crippen LogP contribution in [0.25, 0.3) is 11.3 Å². The normalized spacial score (nSPS) is 10.6. The number of anilines is 1. The number of amides is 1. The van der Waals surface area contributed by atoms with Crippen LogP contribution in [-0.2, 0) is 6.61 Å². The lowest BCUT2D eigenvalue weighted by Gasteiger charge is -2.14. The Hall–Kier alpha value is -4.00. The molecule has 4 rings (SSSR count). The summed E-state index contributed by atoms with van der Waals surface area (Å²) in [5, 5.41) is 9.68. The number of carbonyl (C=O) groups excluding carboxylic acids is 1. The Kier molecular flexibility index (Phi) is 5.52. The Morgan fingerprint density at radius 1 is 1.13 bits per heavy atom. The van der Waals surface area contributed by atoms with Gasteiger partial charge in [-0.1, -0.05) is 6.07 Å². The summed E-state index contributed by atoms with van der Waals surface area (Å²) in [4.78, 5) is 17.0. The maximum Gasteiger partial charge on any atom is 0.259 e. The average molecular weight is 402 g/mol. The second-order valence-electron chi connectivity index (χ2n) is 6.75. The lowest BCUT2D eigenvalue weighted by Crippen LogP contribution is -2.14. The second kappa shape index (κ2) is 8.57. The molecular weight excluding hydrogens is 383 g/mol. The lowest BCUT2D eigenvalue weighted by molar-refractivity contribution is 0.102. The third-order valence-electron chi connectivity index (χ3n) is 4.57. The summed E-state index contributed by atoms with van der Waals surface area (Å²) in [5.74, 6) is -0.171. The van der Waals surface area contributed by atoms with Crippen LogP contribution in [0.5, 0.6) is 5.75 Å². The van der Waals surface area contributed by atoms with Crippen molar-refractivity contribution in [1.29, 1.82) is 0 Å². The van der Waals surface area contributed by atoms with E-state index in [-0.39, 0.29) is 18.3 Å². The van der Waals surface area contributed by atoms with Gasteiger partial charge in [0, 0.05) is 18.0 Å². The first-order valence-electron chi connectivity index (χ1n) is 9.33. The minimum Gasteiger partial charge on any atom is -0.488 e. The lowest BCUT2D eigenvalue weighted by atomic mass is 10.1. The van der Waals surface area contributed by atoms with Gasteiger partial charge in [0.25, 0.3) is 5.91 Å². The second-order valence-corrected chi connectivity index (χ2v) is 6.75. The summed E-state index contributed by atoms with van der Waals surface area (Å²) >= 11 is 0. The molecule has 0 fully saturated rings. The number of halogens is 1. The van der Waals surface area contributed by atoms with Gasteiger partial charge in [0.2, 0.25) is 0 Å². The number of hydrogen-bond acceptors (Lipinski definition) is 4. The SMILES string of the molecule is Cc1cc(COc2ccc(-c3ccn[nH]3)cc2C(=O)Nc2cccnc2)ccc1F. The van der Waals surface area contributed by atoms with Gasteiger partial charge in [0.05, 0.1) is 23.1 Å². The van der Waals surface area contributed by atoms with Crippen molar-refractivity contribution in [2.45, 2.75) is 13.5 Å². The number of pyridine rings is 1. The average Bonchev–Trinajstić information content (AvgIpc) is 3.30. The van der Waals surface area contributed by atoms with E-state index in [1.165, 1.54) is 6.07 Å². The van der Waals surface area contributed by atoms with Crippen molar-refractivity contribution >= 4 is 11.6 Å². The summed E-state index contributed by atoms with van der Waals surface area (Å²) in [6, 6.07) is 15.4. The summed E-state index contributed by atoms with van der Waals surface area (Å²) in [5.41, 5.74) is 3.88. The highest BCUT2D eigenvalue weighted by molar-refractivity contribution is 6.06. The van der Waals surface area contributed by atoms with Gasteiger partial charge < -0.3 is 10.1 Å². The quantitative estimate of drug-likeness (QED) is 0.488. The summed E-state index contributed by atoms with van der Waals surface area (Å²) in [6.45, 7) is 1.91. The predicted molar refractivity (Wildman–Crippen MR) is 112 cm³/mol. The van der Waals surface area contributed by atoms with E-state index in [0.29, 0.717) is 22.6 Å². The largest absolute Gasteiger partial charge is 0.488 e. The van der Waals surface area contributed by atoms with Crippen molar-refractivity contribution in [2.75, 3.05) is 5.32 Å². The first kappa shape index (κ1) is 19.3. The summed E-state index contributed by atoms with van der Waals surface area (Å²) < 4.78 is 19.4. The van der Waals surface area contributed by atoms with Crippen LogP contribution in [0.4, 0.5) is 10.1 Å². The minimum atomic E-state index is -0.324. The molecule has 2 N–H and O–H groups in total. The van der Waals surface area contributed by atoms with Crippen LogP contribution >= 0.6 is 0 Å². The standard InChI is InChI=1S/C23H19FN4O2/c1-15-11-16(4-6-20(15)24)14-30-22-7-5-17(21-8-10-26-28-21)12-19(22)23(29)27-18-3-2-9-25-13-18/h2-13H,14H2,1H3,(H,26,28)(H,27,29). The van der Waals surface area contributed by atoms with E-state index < -0.39 is 0 Å². The maximum absolute atomic E-state index is 13.5. The number of benzene rings is 2. The molecule has 2 aromatic carbocycles. The van der Waals surface area contributed by atoms with Crippen molar-refractivity contribution in [2.24, 2.45) is 0 Å². The number of nitrogens with zero attached hydrogens (tertiary/aromatic N) is 2. The van der Waals surface area contributed by atoms with E-state index in [4.69, 9.17) is 4.74 Å². The monoisotopic (exact) mass is 402 g/mol. The van der Waals surface area contributed by atoms with Gasteiger partial charge >= 0.3 is 0 Å². The Labute approximate surface area is 172 Å². The fourth-order valence-electron chi connectivity index (χ4n) is 3.01. The van der Waals surface area contributed by atoms with E-state index in [1.807, 2.05) is 12.1 Å². The molecule has 0 atom stereocenters. The van der Waals surface area contributed by atoms with Crippen LogP contribution in [0.2, 0.25) is 0 Å². The predicted octanol–water partition coefficient (Wildman–Crippen LogP) is 4.75. The van der Waals surface area contributed by atoms with Gasteiger partial charge in [-0.3, -0.25) is 14.9 Å². The highest BCUT2D eigenvalue weighted by Crippen LogP contribution is 2.27. The van der Waals surface area contributed by atoms with Crippen molar-refractivity contribution in [3.8, 4) is 17.0 Å². The molecule has 0 radical (unpaired) electrons. The van der Waals surface area contributed by atoms with Gasteiger partial charge in [0.15, 0.2) is 0 Å². The third kappa shape index (κ3) is 4.35. The smallest absolute Gasteiger partial charge is 0.259 e. The van der Waals surface area contributed by atoms with Crippen LogP contribution in [0.1, 0.15) is 21.5 Å². The summed E-state index contributed by atoms with van der Waals surface area (Å²) in [6.07, 6.45) is 4.85. The van der Waals surface area contributed by atoms with Crippen molar-refractivity contribution in [1.82, 2.24) is 15.2 Å². The fraction of sp³-hybridized carbons (Fsp3) is 0.0870. The number of aryl methyl sites for hydroxylation is 1. The van der Waals surface area contributed by atoms with Gasteiger partial charge in [-0.05, 0) is 66.6 Å². The molecule has 0 aliphatic rings. The Balaban J connectivity index is 1.62. The van der Waals surface area contributed by atoms with Crippen molar-refractivity contribution in [3.63, 3.8) is 0 Å². The number of aromatic amines is 1. The highest BCUT2D eigenvalue weighted by Gasteiger charge is 2.16. The van der Waals surface area contributed by atoms with E-state index >= 15 is 0 Å². The number of rotatable bonds is 6. The Morgan fingerprint density at radius 3 is 2.77 bits per heavy atom. The molecule has 0 saturated heterocycles. The molecule has 2 heterocycles. The van der Waals surface area contributed by atoms with Crippen LogP contribution in [-0.4, -0.2) is 21.1 Å². The van der Waals surface area contributed by atoms with Crippen LogP contribution in [0, 0.1) is 12.7 Å². The Morgan fingerprint density at radius 2 is 2.03 bits per heavy atom. The molecule has 0 unspecified atom stereocenters. The first-order valence-corrected chi connectivity index (χ1v) is 9.33. The van der Waals surface area contributed by atoms with E-state index in [9.17, 15) is 9.18 Å². The molecule has 0 saturated carbocycles. The number of hydrogen-bond donors (Lipinski definition) is 2. The zero-order valence-corrected chi connectivity index (χ0v) is 16.2. The van der Waals surface area contributed by atoms with E-state index in [1.54, 1.807) is 61.9 Å². The topological polar surface area (TPSA) is 79.9 Å². The van der Waals surface area contributed by atoms with Crippen molar-refractivity contribution < 1.29 is 13.9 Å². The van der Waals surface area contributed by atoms with E-state index in [0.717, 1.165) is 16.8 Å². The molecule has 4 aromatic rings. The number of H-pyrrole nitrogens is 1. The van der Waals surface area contributed by atoms with Gasteiger partial charge in [-0.2, -0.15) is 5.10 Å². The molecular formula is C23H19FN4O2. The van der Waals surface area contributed by atoms with Crippen LogP contribution in [0.15, 0.2) is 73.2 Å². The minimum absolute atomic E-state index is 0.206. The number of carbonyl (C=O) groups is 1.